The topological polar surface area (TPSA) is 74.2 Å². The monoisotopic (exact) mass is 320 g/mol. The van der Waals surface area contributed by atoms with Crippen LogP contribution in [0.1, 0.15) is 0 Å². The summed E-state index contributed by atoms with van der Waals surface area (Å²) in [6, 6.07) is 15.1. The lowest BCUT2D eigenvalue weighted by atomic mass is 10.3. The van der Waals surface area contributed by atoms with E-state index in [1.807, 2.05) is 0 Å². The van der Waals surface area contributed by atoms with Gasteiger partial charge in [-0.05, 0) is 24.3 Å². The number of rotatable bonds is 1. The van der Waals surface area contributed by atoms with Gasteiger partial charge in [0.05, 0.1) is 11.1 Å². The molecule has 118 valence electrons. The Kier molecular flexibility index (Phi) is 2.99. The van der Waals surface area contributed by atoms with Crippen LogP contribution in [0.4, 0.5) is 0 Å². The van der Waals surface area contributed by atoms with E-state index in [1.54, 1.807) is 54.6 Å². The molecule has 0 N–H and O–H groups in total. The van der Waals surface area contributed by atoms with Crippen LogP contribution in [0.25, 0.3) is 16.7 Å². The molecular weight excluding hydrogens is 308 g/mol. The summed E-state index contributed by atoms with van der Waals surface area (Å²) in [6.45, 7) is 0. The maximum absolute atomic E-state index is 12.8. The minimum atomic E-state index is -0.586. The van der Waals surface area contributed by atoms with E-state index >= 15 is 0 Å². The minimum Gasteiger partial charge on any atom is -0.448 e. The van der Waals surface area contributed by atoms with Crippen LogP contribution < -0.4 is 16.7 Å². The molecule has 0 saturated carbocycles. The summed E-state index contributed by atoms with van der Waals surface area (Å²) >= 11 is 0. The molecule has 2 aromatic rings. The van der Waals surface area contributed by atoms with Gasteiger partial charge >= 0.3 is 5.56 Å². The fraction of sp³-hybridized carbons (Fsp3) is 0.0556. The fourth-order valence-electron chi connectivity index (χ4n) is 2.82. The maximum Gasteiger partial charge on any atom is 0.303 e. The Hall–Kier alpha value is -3.41. The van der Waals surface area contributed by atoms with Crippen molar-refractivity contribution in [2.75, 3.05) is 0 Å². The van der Waals surface area contributed by atoms with E-state index < -0.39 is 16.7 Å². The van der Waals surface area contributed by atoms with Crippen molar-refractivity contribution in [3.8, 4) is 5.69 Å². The number of fused-ring (bicyclic) bond motifs is 1. The average Bonchev–Trinajstić information content (AvgIpc) is 2.78. The average molecular weight is 320 g/mol. The lowest BCUT2D eigenvalue weighted by Gasteiger charge is -1.98. The Bertz CT molecular complexity index is 1310. The number of para-hydroxylation sites is 2. The first-order valence-corrected chi connectivity index (χ1v) is 7.32. The Labute approximate surface area is 134 Å². The second-order valence-corrected chi connectivity index (χ2v) is 5.42. The van der Waals surface area contributed by atoms with Crippen molar-refractivity contribution in [3.05, 3.63) is 96.4 Å². The van der Waals surface area contributed by atoms with Crippen LogP contribution in [0.5, 0.6) is 0 Å². The van der Waals surface area contributed by atoms with Crippen molar-refractivity contribution in [1.29, 1.82) is 0 Å². The lowest BCUT2D eigenvalue weighted by Crippen LogP contribution is -2.27. The summed E-state index contributed by atoms with van der Waals surface area (Å²) < 4.78 is 7.85. The summed E-state index contributed by atoms with van der Waals surface area (Å²) in [5, 5.41) is 0.256. The first-order chi connectivity index (χ1) is 11.6. The van der Waals surface area contributed by atoms with Crippen LogP contribution >= 0.6 is 0 Å². The van der Waals surface area contributed by atoms with Crippen LogP contribution in [-0.2, 0) is 7.05 Å². The van der Waals surface area contributed by atoms with E-state index in [1.165, 1.54) is 11.6 Å². The molecule has 0 atom stereocenters. The number of aromatic nitrogens is 2. The highest BCUT2D eigenvalue weighted by atomic mass is 16.3. The number of nitrogens with zero attached hydrogens (tertiary/aromatic N) is 2. The molecular formula is C18H12N2O4. The zero-order valence-corrected chi connectivity index (χ0v) is 12.7. The summed E-state index contributed by atoms with van der Waals surface area (Å²) in [7, 11) is 1.46. The second kappa shape index (κ2) is 5.06. The highest BCUT2D eigenvalue weighted by molar-refractivity contribution is 5.74. The van der Waals surface area contributed by atoms with E-state index in [-0.39, 0.29) is 16.3 Å². The van der Waals surface area contributed by atoms with E-state index in [4.69, 9.17) is 4.42 Å². The van der Waals surface area contributed by atoms with Crippen molar-refractivity contribution in [3.63, 3.8) is 0 Å². The van der Waals surface area contributed by atoms with Crippen LogP contribution in [0.3, 0.4) is 0 Å². The molecule has 0 fully saturated rings. The zero-order valence-electron chi connectivity index (χ0n) is 12.7. The maximum atomic E-state index is 12.8. The molecule has 0 saturated heterocycles. The van der Waals surface area contributed by atoms with Gasteiger partial charge in [-0.1, -0.05) is 30.3 Å². The molecule has 0 unspecified atom stereocenters. The Morgan fingerprint density at radius 2 is 1.46 bits per heavy atom. The quantitative estimate of drug-likeness (QED) is 0.531. The third-order valence-corrected chi connectivity index (χ3v) is 4.00. The van der Waals surface area contributed by atoms with E-state index in [9.17, 15) is 14.4 Å². The lowest BCUT2D eigenvalue weighted by molar-refractivity contribution is 0.560. The van der Waals surface area contributed by atoms with Crippen molar-refractivity contribution in [2.24, 2.45) is 7.05 Å². The van der Waals surface area contributed by atoms with Gasteiger partial charge in [0.2, 0.25) is 5.42 Å². The Morgan fingerprint density at radius 3 is 2.21 bits per heavy atom. The van der Waals surface area contributed by atoms with Crippen molar-refractivity contribution in [1.82, 2.24) is 9.13 Å². The van der Waals surface area contributed by atoms with Crippen LogP contribution in [-0.4, -0.2) is 9.13 Å². The van der Waals surface area contributed by atoms with Gasteiger partial charge in [0, 0.05) is 7.05 Å². The van der Waals surface area contributed by atoms with Gasteiger partial charge in [0.25, 0.3) is 11.1 Å². The smallest absolute Gasteiger partial charge is 0.303 e. The molecule has 0 bridgehead atoms. The summed E-state index contributed by atoms with van der Waals surface area (Å²) in [6.07, 6.45) is 0. The first-order valence-electron chi connectivity index (χ1n) is 7.32. The molecule has 2 aliphatic heterocycles. The Morgan fingerprint density at radius 1 is 0.792 bits per heavy atom. The molecule has 6 heteroatoms. The predicted molar refractivity (Wildman–Crippen MR) is 88.6 cm³/mol. The summed E-state index contributed by atoms with van der Waals surface area (Å²) in [4.78, 5) is 38.1. The second-order valence-electron chi connectivity index (χ2n) is 5.42. The number of benzene rings is 2. The predicted octanol–water partition coefficient (Wildman–Crippen LogP) is 1.37. The van der Waals surface area contributed by atoms with Crippen LogP contribution in [0, 0.1) is 10.8 Å². The fourth-order valence-corrected chi connectivity index (χ4v) is 2.82. The Balaban J connectivity index is 2.32. The van der Waals surface area contributed by atoms with E-state index in [2.05, 4.69) is 0 Å². The van der Waals surface area contributed by atoms with Gasteiger partial charge in [0.15, 0.2) is 5.35 Å². The van der Waals surface area contributed by atoms with Crippen LogP contribution in [0.15, 0.2) is 73.4 Å². The van der Waals surface area contributed by atoms with Gasteiger partial charge in [0.1, 0.15) is 5.58 Å². The first kappa shape index (κ1) is 14.2. The zero-order chi connectivity index (χ0) is 16.8. The molecule has 2 heterocycles. The molecule has 4 rings (SSSR count). The van der Waals surface area contributed by atoms with Gasteiger partial charge in [-0.15, -0.1) is 0 Å². The van der Waals surface area contributed by atoms with Gasteiger partial charge in [-0.25, -0.2) is 4.57 Å². The molecule has 0 aliphatic carbocycles. The van der Waals surface area contributed by atoms with Crippen molar-refractivity contribution < 1.29 is 4.42 Å². The molecule has 2 aromatic carbocycles. The molecule has 2 aliphatic rings. The number of hydrogen-bond donors (Lipinski definition) is 0. The molecule has 0 spiro atoms. The molecule has 0 radical (unpaired) electrons. The van der Waals surface area contributed by atoms with E-state index in [0.29, 0.717) is 11.1 Å². The van der Waals surface area contributed by atoms with Gasteiger partial charge < -0.3 is 8.98 Å². The van der Waals surface area contributed by atoms with Crippen molar-refractivity contribution >= 4 is 11.0 Å². The van der Waals surface area contributed by atoms with Gasteiger partial charge in [-0.2, -0.15) is 0 Å². The SMILES string of the molecule is Cn1c2c(=O)n(-c3ccccc3)c(=O)c=2oc2ccccc2c1=O. The summed E-state index contributed by atoms with van der Waals surface area (Å²) in [5.74, 6) is 0. The summed E-state index contributed by atoms with van der Waals surface area (Å²) in [5.41, 5.74) is -1.01. The minimum absolute atomic E-state index is 0.0509. The van der Waals surface area contributed by atoms with E-state index in [0.717, 1.165) is 4.57 Å². The molecule has 6 nitrogen and oxygen atoms in total. The highest BCUT2D eigenvalue weighted by Gasteiger charge is 2.16. The third-order valence-electron chi connectivity index (χ3n) is 4.00. The molecule has 0 amide bonds. The molecule has 0 aromatic heterocycles. The van der Waals surface area contributed by atoms with Crippen LogP contribution in [0.2, 0.25) is 0 Å². The normalized spacial score (nSPS) is 11.2. The molecule has 24 heavy (non-hydrogen) atoms. The van der Waals surface area contributed by atoms with Gasteiger partial charge in [-0.3, -0.25) is 14.4 Å². The largest absolute Gasteiger partial charge is 0.448 e. The highest BCUT2D eigenvalue weighted by Crippen LogP contribution is 2.09. The van der Waals surface area contributed by atoms with Crippen molar-refractivity contribution in [2.45, 2.75) is 0 Å². The third kappa shape index (κ3) is 1.86. The number of hydrogen-bond acceptors (Lipinski definition) is 4. The standard InChI is InChI=1S/C18H12N2O4/c1-19-14-15(24-13-10-6-5-9-12(13)16(19)21)18(23)20(17(14)22)11-7-3-2-4-8-11/h2-10H,1H3.